The van der Waals surface area contributed by atoms with E-state index in [1.165, 1.54) is 36.0 Å². The highest BCUT2D eigenvalue weighted by Crippen LogP contribution is 2.36. The van der Waals surface area contributed by atoms with Crippen molar-refractivity contribution in [3.05, 3.63) is 65.4 Å². The summed E-state index contributed by atoms with van der Waals surface area (Å²) in [5.74, 6) is 1.56. The van der Waals surface area contributed by atoms with Crippen LogP contribution in [0.25, 0.3) is 0 Å². The first-order valence-electron chi connectivity index (χ1n) is 15.9. The first kappa shape index (κ1) is 37.6. The van der Waals surface area contributed by atoms with Crippen LogP contribution in [0.15, 0.2) is 54.3 Å². The number of hydrogen-bond acceptors (Lipinski definition) is 5. The van der Waals surface area contributed by atoms with Crippen LogP contribution in [0.4, 0.5) is 0 Å². The number of ether oxygens (including phenoxy) is 1. The second-order valence-corrected chi connectivity index (χ2v) is 9.79. The molecule has 0 bridgehead atoms. The molecule has 1 aromatic carbocycles. The second-order valence-electron chi connectivity index (χ2n) is 9.79. The van der Waals surface area contributed by atoms with Gasteiger partial charge in [0.05, 0.1) is 13.2 Å². The predicted molar refractivity (Wildman–Crippen MR) is 175 cm³/mol. The van der Waals surface area contributed by atoms with Crippen molar-refractivity contribution in [2.24, 2.45) is 0 Å². The van der Waals surface area contributed by atoms with E-state index in [-0.39, 0.29) is 0 Å². The van der Waals surface area contributed by atoms with Crippen molar-refractivity contribution in [3.63, 3.8) is 0 Å². The van der Waals surface area contributed by atoms with Gasteiger partial charge in [-0.3, -0.25) is 4.90 Å². The molecular weight excluding hydrogens is 494 g/mol. The highest BCUT2D eigenvalue weighted by Gasteiger charge is 2.33. The number of nitrogens with one attached hydrogen (secondary N) is 1. The molecule has 0 aliphatic carbocycles. The van der Waals surface area contributed by atoms with Crippen molar-refractivity contribution in [2.75, 3.05) is 32.8 Å². The first-order valence-corrected chi connectivity index (χ1v) is 15.9. The fourth-order valence-electron chi connectivity index (χ4n) is 4.86. The van der Waals surface area contributed by atoms with Gasteiger partial charge in [-0.05, 0) is 56.7 Å². The van der Waals surface area contributed by atoms with Gasteiger partial charge in [-0.1, -0.05) is 103 Å². The Kier molecular flexibility index (Phi) is 23.0. The summed E-state index contributed by atoms with van der Waals surface area (Å²) in [6.07, 6.45) is 18.8. The van der Waals surface area contributed by atoms with E-state index in [1.54, 1.807) is 0 Å². The molecule has 0 aromatic heterocycles. The van der Waals surface area contributed by atoms with Gasteiger partial charge in [0, 0.05) is 38.3 Å². The lowest BCUT2D eigenvalue weighted by Gasteiger charge is -2.24. The third-order valence-corrected chi connectivity index (χ3v) is 7.01. The summed E-state index contributed by atoms with van der Waals surface area (Å²) in [6, 6.07) is 7.12. The van der Waals surface area contributed by atoms with Crippen molar-refractivity contribution in [3.8, 4) is 5.75 Å². The molecule has 3 heterocycles. The summed E-state index contributed by atoms with van der Waals surface area (Å²) in [7, 11) is 0. The van der Waals surface area contributed by atoms with Gasteiger partial charge in [0.1, 0.15) is 12.0 Å². The zero-order valence-corrected chi connectivity index (χ0v) is 27.3. The standard InChI is InChI=1S/C19H25N3O2.C7H12.C5H12.2C2H6/c23-10-9-21-14-17(13-18(21)4-8-22-7-1-6-20-22)15-2-3-19-16(12-15)5-11-24-19;1-4-6-7(3)5-2;1-3-5-4-2;2*1-2/h1-3,7,10,12,17-18,20H,4-6,8-9,11,13-14H2;4-6H,1-3H3;3-5H2,1-2H3;2*1-2H3/b;6-4-,7-5-;;;. The predicted octanol–water partition coefficient (Wildman–Crippen LogP) is 8.48. The van der Waals surface area contributed by atoms with E-state index in [4.69, 9.17) is 4.74 Å². The lowest BCUT2D eigenvalue weighted by Crippen LogP contribution is -2.36. The van der Waals surface area contributed by atoms with Crippen molar-refractivity contribution in [1.82, 2.24) is 15.3 Å². The number of rotatable bonds is 9. The van der Waals surface area contributed by atoms with Crippen molar-refractivity contribution < 1.29 is 9.53 Å². The van der Waals surface area contributed by atoms with Crippen LogP contribution >= 0.6 is 0 Å². The van der Waals surface area contributed by atoms with Gasteiger partial charge in [0.2, 0.25) is 0 Å². The molecule has 2 atom stereocenters. The quantitative estimate of drug-likeness (QED) is 0.244. The molecule has 1 aromatic rings. The largest absolute Gasteiger partial charge is 0.493 e. The summed E-state index contributed by atoms with van der Waals surface area (Å²) in [4.78, 5) is 13.4. The molecule has 228 valence electrons. The summed E-state index contributed by atoms with van der Waals surface area (Å²) >= 11 is 0. The zero-order chi connectivity index (χ0) is 30.2. The van der Waals surface area contributed by atoms with Crippen LogP contribution in [-0.2, 0) is 11.2 Å². The molecule has 3 aliphatic rings. The monoisotopic (exact) mass is 555 g/mol. The van der Waals surface area contributed by atoms with Gasteiger partial charge >= 0.3 is 0 Å². The van der Waals surface area contributed by atoms with E-state index in [0.29, 0.717) is 18.5 Å². The lowest BCUT2D eigenvalue weighted by atomic mass is 9.93. The van der Waals surface area contributed by atoms with E-state index >= 15 is 0 Å². The maximum absolute atomic E-state index is 11.1. The number of hydrazine groups is 1. The van der Waals surface area contributed by atoms with Crippen molar-refractivity contribution in [1.29, 1.82) is 0 Å². The number of fused-ring (bicyclic) bond motifs is 1. The third kappa shape index (κ3) is 14.3. The van der Waals surface area contributed by atoms with Crippen LogP contribution < -0.4 is 10.2 Å². The van der Waals surface area contributed by atoms with Crippen LogP contribution in [-0.4, -0.2) is 55.0 Å². The Bertz CT molecular complexity index is 860. The minimum Gasteiger partial charge on any atom is -0.493 e. The summed E-state index contributed by atoms with van der Waals surface area (Å²) in [5.41, 5.74) is 7.38. The van der Waals surface area contributed by atoms with E-state index in [0.717, 1.165) is 57.5 Å². The Labute approximate surface area is 247 Å². The third-order valence-electron chi connectivity index (χ3n) is 7.01. The molecule has 40 heavy (non-hydrogen) atoms. The molecule has 2 unspecified atom stereocenters. The fraction of sp³-hybridized carbons (Fsp3) is 0.629. The number of benzene rings is 1. The second kappa shape index (κ2) is 24.4. The molecule has 1 N–H and O–H groups in total. The average Bonchev–Trinajstić information content (AvgIpc) is 3.77. The fourth-order valence-corrected chi connectivity index (χ4v) is 4.86. The number of unbranched alkanes of at least 4 members (excludes halogenated alkanes) is 2. The van der Waals surface area contributed by atoms with Crippen LogP contribution in [0.1, 0.15) is 111 Å². The van der Waals surface area contributed by atoms with E-state index in [2.05, 4.69) is 78.7 Å². The smallest absolute Gasteiger partial charge is 0.133 e. The normalized spacial score (nSPS) is 19.2. The van der Waals surface area contributed by atoms with E-state index < -0.39 is 0 Å². The van der Waals surface area contributed by atoms with Gasteiger partial charge in [-0.25, -0.2) is 5.43 Å². The van der Waals surface area contributed by atoms with E-state index in [1.807, 2.05) is 47.6 Å². The Balaban J connectivity index is 0.000000794. The number of hydrogen-bond donors (Lipinski definition) is 1. The topological polar surface area (TPSA) is 44.8 Å². The minimum atomic E-state index is 0.473. The van der Waals surface area contributed by atoms with Crippen LogP contribution in [0.3, 0.4) is 0 Å². The van der Waals surface area contributed by atoms with Gasteiger partial charge in [0.15, 0.2) is 0 Å². The molecule has 5 nitrogen and oxygen atoms in total. The molecule has 3 aliphatic heterocycles. The molecule has 0 radical (unpaired) electrons. The van der Waals surface area contributed by atoms with Gasteiger partial charge in [-0.15, -0.1) is 0 Å². The highest BCUT2D eigenvalue weighted by atomic mass is 16.5. The van der Waals surface area contributed by atoms with Gasteiger partial charge < -0.3 is 14.5 Å². The minimum absolute atomic E-state index is 0.473. The highest BCUT2D eigenvalue weighted by molar-refractivity contribution is 5.52. The Morgan fingerprint density at radius 3 is 2.38 bits per heavy atom. The number of carbonyl (C=O) groups is 1. The summed E-state index contributed by atoms with van der Waals surface area (Å²) < 4.78 is 5.62. The zero-order valence-electron chi connectivity index (χ0n) is 27.3. The number of nitrogens with zero attached hydrogens (tertiary/aromatic N) is 2. The Hall–Kier alpha value is -2.37. The Morgan fingerprint density at radius 1 is 1.12 bits per heavy atom. The summed E-state index contributed by atoms with van der Waals surface area (Å²) in [5, 5.41) is 2.15. The first-order chi connectivity index (χ1) is 19.6. The lowest BCUT2D eigenvalue weighted by molar-refractivity contribution is -0.109. The SMILES string of the molecule is C/C=C\C(C)=C/C.CC.CC.CCCCC.O=CCN1CC(c2ccc3c(c2)CCO3)CC1CCN1C=CCN1. The number of aldehydes is 1. The van der Waals surface area contributed by atoms with Crippen LogP contribution in [0.5, 0.6) is 5.75 Å². The molecule has 1 saturated heterocycles. The molecule has 0 spiro atoms. The molecule has 4 rings (SSSR count). The maximum atomic E-state index is 11.1. The number of likely N-dealkylation sites (tertiary alicyclic amines) is 1. The molecule has 5 heteroatoms. The van der Waals surface area contributed by atoms with Crippen LogP contribution in [0, 0.1) is 0 Å². The molecule has 0 saturated carbocycles. The number of carbonyl (C=O) groups excluding carboxylic acids is 1. The Morgan fingerprint density at radius 2 is 1.85 bits per heavy atom. The molecular formula is C35H61N3O2. The maximum Gasteiger partial charge on any atom is 0.133 e. The molecule has 0 amide bonds. The molecule has 1 fully saturated rings. The van der Waals surface area contributed by atoms with Gasteiger partial charge in [0.25, 0.3) is 0 Å². The van der Waals surface area contributed by atoms with Crippen molar-refractivity contribution >= 4 is 6.29 Å². The van der Waals surface area contributed by atoms with Crippen LogP contribution in [0.2, 0.25) is 0 Å². The van der Waals surface area contributed by atoms with E-state index in [9.17, 15) is 4.79 Å². The van der Waals surface area contributed by atoms with Gasteiger partial charge in [-0.2, -0.15) is 0 Å². The number of allylic oxidation sites excluding steroid dienone is 4. The summed E-state index contributed by atoms with van der Waals surface area (Å²) in [6.45, 7) is 22.8. The van der Waals surface area contributed by atoms with Crippen molar-refractivity contribution in [2.45, 2.75) is 113 Å². The average molecular weight is 556 g/mol.